The Morgan fingerprint density at radius 1 is 1.38 bits per heavy atom. The first kappa shape index (κ1) is 15.0. The number of hydrogen-bond acceptors (Lipinski definition) is 3. The second-order valence-corrected chi connectivity index (χ2v) is 7.69. The highest BCUT2D eigenvalue weighted by molar-refractivity contribution is 7.10. The fraction of sp³-hybridized carbons (Fsp3) is 0.706. The molecule has 1 aromatic heterocycles. The van der Waals surface area contributed by atoms with Crippen LogP contribution in [0.5, 0.6) is 0 Å². The van der Waals surface area contributed by atoms with E-state index in [0.717, 1.165) is 43.6 Å². The number of fused-ring (bicyclic) bond motifs is 1. The second kappa shape index (κ2) is 6.49. The molecule has 0 aliphatic heterocycles. The molecule has 1 fully saturated rings. The van der Waals surface area contributed by atoms with Crippen LogP contribution in [0.3, 0.4) is 0 Å². The van der Waals surface area contributed by atoms with Gasteiger partial charge in [0.2, 0.25) is 0 Å². The first-order chi connectivity index (χ1) is 10.1. The topological polar surface area (TPSA) is 49.3 Å². The van der Waals surface area contributed by atoms with Crippen molar-refractivity contribution in [2.45, 2.75) is 58.0 Å². The summed E-state index contributed by atoms with van der Waals surface area (Å²) in [4.78, 5) is 13.8. The van der Waals surface area contributed by atoms with Crippen LogP contribution in [0.2, 0.25) is 0 Å². The highest BCUT2D eigenvalue weighted by atomic mass is 32.1. The van der Waals surface area contributed by atoms with E-state index in [1.165, 1.54) is 23.3 Å². The van der Waals surface area contributed by atoms with E-state index in [-0.39, 0.29) is 17.9 Å². The van der Waals surface area contributed by atoms with Crippen molar-refractivity contribution < 1.29 is 9.90 Å². The van der Waals surface area contributed by atoms with Crippen LogP contribution in [0, 0.1) is 11.8 Å². The summed E-state index contributed by atoms with van der Waals surface area (Å²) < 4.78 is 0. The molecule has 1 heterocycles. The fourth-order valence-corrected chi connectivity index (χ4v) is 4.86. The molecule has 3 nitrogen and oxygen atoms in total. The summed E-state index contributed by atoms with van der Waals surface area (Å²) in [5, 5.41) is 15.1. The van der Waals surface area contributed by atoms with E-state index in [1.807, 2.05) is 5.38 Å². The molecule has 1 aromatic rings. The molecule has 1 saturated carbocycles. The summed E-state index contributed by atoms with van der Waals surface area (Å²) in [6.07, 6.45) is 7.30. The lowest BCUT2D eigenvalue weighted by atomic mass is 9.86. The largest absolute Gasteiger partial charge is 0.393 e. The van der Waals surface area contributed by atoms with Crippen molar-refractivity contribution in [3.63, 3.8) is 0 Å². The maximum Gasteiger partial charge on any atom is 0.252 e. The predicted octanol–water partition coefficient (Wildman–Crippen LogP) is 3.15. The van der Waals surface area contributed by atoms with Gasteiger partial charge >= 0.3 is 0 Å². The van der Waals surface area contributed by atoms with Crippen molar-refractivity contribution in [2.24, 2.45) is 11.8 Å². The van der Waals surface area contributed by atoms with Crippen LogP contribution in [0.25, 0.3) is 0 Å². The summed E-state index contributed by atoms with van der Waals surface area (Å²) in [6.45, 7) is 2.90. The van der Waals surface area contributed by atoms with Crippen LogP contribution in [0.1, 0.15) is 59.8 Å². The summed E-state index contributed by atoms with van der Waals surface area (Å²) in [5.41, 5.74) is 2.16. The molecule has 2 aliphatic rings. The smallest absolute Gasteiger partial charge is 0.252 e. The zero-order valence-corrected chi connectivity index (χ0v) is 13.5. The molecule has 3 atom stereocenters. The van der Waals surface area contributed by atoms with Gasteiger partial charge in [0, 0.05) is 22.7 Å². The minimum atomic E-state index is -0.240. The molecule has 3 unspecified atom stereocenters. The molecular formula is C17H25NO2S. The fourth-order valence-electron chi connectivity index (χ4n) is 3.61. The van der Waals surface area contributed by atoms with E-state index >= 15 is 0 Å². The average Bonchev–Trinajstić information content (AvgIpc) is 2.89. The van der Waals surface area contributed by atoms with Crippen LogP contribution in [0.4, 0.5) is 0 Å². The molecular weight excluding hydrogens is 282 g/mol. The molecule has 0 saturated heterocycles. The zero-order valence-electron chi connectivity index (χ0n) is 12.7. The van der Waals surface area contributed by atoms with Crippen molar-refractivity contribution in [3.8, 4) is 0 Å². The number of carbonyl (C=O) groups is 1. The van der Waals surface area contributed by atoms with E-state index in [2.05, 4.69) is 12.2 Å². The van der Waals surface area contributed by atoms with Crippen LogP contribution < -0.4 is 5.32 Å². The number of hydrogen-bond donors (Lipinski definition) is 2. The molecule has 0 radical (unpaired) electrons. The molecule has 2 aliphatic carbocycles. The normalized spacial score (nSPS) is 29.0. The van der Waals surface area contributed by atoms with Gasteiger partial charge in [-0.25, -0.2) is 0 Å². The van der Waals surface area contributed by atoms with Gasteiger partial charge in [-0.2, -0.15) is 0 Å². The average molecular weight is 307 g/mol. The number of amides is 1. The summed E-state index contributed by atoms with van der Waals surface area (Å²) in [6, 6.07) is 0. The Balaban J connectivity index is 1.61. The van der Waals surface area contributed by atoms with Gasteiger partial charge in [-0.05, 0) is 43.6 Å². The number of aliphatic hydroxyl groups is 1. The van der Waals surface area contributed by atoms with Gasteiger partial charge in [0.1, 0.15) is 0 Å². The number of thiophene rings is 1. The zero-order chi connectivity index (χ0) is 14.8. The highest BCUT2D eigenvalue weighted by Crippen LogP contribution is 2.33. The maximum atomic E-state index is 12.4. The van der Waals surface area contributed by atoms with E-state index < -0.39 is 0 Å². The lowest BCUT2D eigenvalue weighted by Gasteiger charge is -2.27. The van der Waals surface area contributed by atoms with E-state index in [1.54, 1.807) is 11.3 Å². The number of rotatable bonds is 3. The summed E-state index contributed by atoms with van der Waals surface area (Å²) in [7, 11) is 0. The summed E-state index contributed by atoms with van der Waals surface area (Å²) >= 11 is 1.74. The molecule has 4 heteroatoms. The third-order valence-electron chi connectivity index (χ3n) is 5.04. The first-order valence-corrected chi connectivity index (χ1v) is 9.08. The molecule has 21 heavy (non-hydrogen) atoms. The van der Waals surface area contributed by atoms with Gasteiger partial charge in [0.15, 0.2) is 0 Å². The van der Waals surface area contributed by atoms with Gasteiger partial charge in [-0.15, -0.1) is 11.3 Å². The monoisotopic (exact) mass is 307 g/mol. The number of aliphatic hydroxyl groups excluding tert-OH is 1. The van der Waals surface area contributed by atoms with Crippen molar-refractivity contribution >= 4 is 17.2 Å². The lowest BCUT2D eigenvalue weighted by molar-refractivity contribution is 0.0662. The van der Waals surface area contributed by atoms with Crippen LogP contribution in [-0.2, 0) is 12.8 Å². The predicted molar refractivity (Wildman–Crippen MR) is 85.8 cm³/mol. The Morgan fingerprint density at radius 2 is 2.19 bits per heavy atom. The van der Waals surface area contributed by atoms with Crippen LogP contribution in [-0.4, -0.2) is 23.7 Å². The highest BCUT2D eigenvalue weighted by Gasteiger charge is 2.26. The van der Waals surface area contributed by atoms with Gasteiger partial charge in [-0.1, -0.05) is 19.8 Å². The number of nitrogens with one attached hydrogen (secondary N) is 1. The molecule has 116 valence electrons. The summed E-state index contributed by atoms with van der Waals surface area (Å²) in [5.74, 6) is 1.03. The van der Waals surface area contributed by atoms with Crippen molar-refractivity contribution in [1.82, 2.24) is 5.32 Å². The lowest BCUT2D eigenvalue weighted by Crippen LogP contribution is -2.36. The van der Waals surface area contributed by atoms with Gasteiger partial charge in [0.25, 0.3) is 5.91 Å². The molecule has 1 amide bonds. The van der Waals surface area contributed by atoms with Gasteiger partial charge in [-0.3, -0.25) is 4.79 Å². The Bertz CT molecular complexity index is 511. The Kier molecular flexibility index (Phi) is 4.65. The second-order valence-electron chi connectivity index (χ2n) is 6.72. The van der Waals surface area contributed by atoms with Crippen LogP contribution in [0.15, 0.2) is 5.38 Å². The Morgan fingerprint density at radius 3 is 3.00 bits per heavy atom. The van der Waals surface area contributed by atoms with Crippen LogP contribution >= 0.6 is 11.3 Å². The standard InChI is InChI=1S/C17H25NO2S/c1-11-6-7-13-14(10-21-16(13)8-11)17(20)18-9-12-4-2-3-5-15(12)19/h10-12,15,19H,2-9H2,1H3,(H,18,20). The van der Waals surface area contributed by atoms with Crippen molar-refractivity contribution in [2.75, 3.05) is 6.54 Å². The molecule has 0 bridgehead atoms. The van der Waals surface area contributed by atoms with Crippen molar-refractivity contribution in [3.05, 3.63) is 21.4 Å². The molecule has 3 rings (SSSR count). The van der Waals surface area contributed by atoms with Gasteiger partial charge < -0.3 is 10.4 Å². The Labute approximate surface area is 130 Å². The van der Waals surface area contributed by atoms with Crippen molar-refractivity contribution in [1.29, 1.82) is 0 Å². The number of carbonyl (C=O) groups excluding carboxylic acids is 1. The third kappa shape index (κ3) is 3.32. The minimum absolute atomic E-state index is 0.0554. The third-order valence-corrected chi connectivity index (χ3v) is 6.09. The molecule has 0 spiro atoms. The first-order valence-electron chi connectivity index (χ1n) is 8.20. The SMILES string of the molecule is CC1CCc2c(C(=O)NCC3CCCCC3O)csc2C1. The minimum Gasteiger partial charge on any atom is -0.393 e. The molecule has 2 N–H and O–H groups in total. The quantitative estimate of drug-likeness (QED) is 0.901. The Hall–Kier alpha value is -0.870. The van der Waals surface area contributed by atoms with E-state index in [4.69, 9.17) is 0 Å². The van der Waals surface area contributed by atoms with E-state index in [0.29, 0.717) is 6.54 Å². The van der Waals surface area contributed by atoms with Gasteiger partial charge in [0.05, 0.1) is 11.7 Å². The maximum absolute atomic E-state index is 12.4. The molecule has 0 aromatic carbocycles. The van der Waals surface area contributed by atoms with E-state index in [9.17, 15) is 9.90 Å².